The summed E-state index contributed by atoms with van der Waals surface area (Å²) in [6.07, 6.45) is 1.32. The molecule has 0 aliphatic carbocycles. The highest BCUT2D eigenvalue weighted by Crippen LogP contribution is 2.28. The molecule has 1 fully saturated rings. The minimum Gasteiger partial charge on any atom is -0.477 e. The van der Waals surface area contributed by atoms with E-state index in [0.717, 1.165) is 10.1 Å². The molecule has 2 aromatic rings. The van der Waals surface area contributed by atoms with Crippen LogP contribution in [0.5, 0.6) is 0 Å². The number of carboxylic acids is 1. The van der Waals surface area contributed by atoms with Gasteiger partial charge in [-0.2, -0.15) is 0 Å². The zero-order chi connectivity index (χ0) is 17.3. The number of carbonyl (C=O) groups is 3. The number of rotatable bonds is 3. The third kappa shape index (κ3) is 3.41. The average molecular weight is 346 g/mol. The number of piperidine rings is 1. The maximum absolute atomic E-state index is 12.4. The van der Waals surface area contributed by atoms with Crippen molar-refractivity contribution in [2.24, 2.45) is 5.92 Å². The first-order chi connectivity index (χ1) is 11.4. The number of amides is 2. The summed E-state index contributed by atoms with van der Waals surface area (Å²) in [5, 5.41) is 12.8. The van der Waals surface area contributed by atoms with Crippen molar-refractivity contribution in [1.82, 2.24) is 4.90 Å². The van der Waals surface area contributed by atoms with Crippen molar-refractivity contribution in [2.45, 2.75) is 19.8 Å². The summed E-state index contributed by atoms with van der Waals surface area (Å²) in [5.74, 6) is -1.05. The number of carboxylic acid groups (broad SMARTS) is 1. The van der Waals surface area contributed by atoms with Crippen molar-refractivity contribution < 1.29 is 19.5 Å². The number of hydrogen-bond donors (Lipinski definition) is 2. The fourth-order valence-electron chi connectivity index (χ4n) is 2.93. The lowest BCUT2D eigenvalue weighted by molar-refractivity contribution is -0.132. The van der Waals surface area contributed by atoms with Crippen molar-refractivity contribution in [3.05, 3.63) is 29.1 Å². The van der Waals surface area contributed by atoms with Gasteiger partial charge >= 0.3 is 5.97 Å². The van der Waals surface area contributed by atoms with E-state index in [0.29, 0.717) is 31.6 Å². The van der Waals surface area contributed by atoms with E-state index in [4.69, 9.17) is 5.11 Å². The highest BCUT2D eigenvalue weighted by Gasteiger charge is 2.26. The van der Waals surface area contributed by atoms with Crippen LogP contribution in [0.4, 0.5) is 5.69 Å². The van der Waals surface area contributed by atoms with Crippen molar-refractivity contribution in [1.29, 1.82) is 0 Å². The van der Waals surface area contributed by atoms with E-state index in [1.807, 2.05) is 6.07 Å². The molecule has 3 rings (SSSR count). The molecule has 1 aliphatic rings. The summed E-state index contributed by atoms with van der Waals surface area (Å²) in [6.45, 7) is 2.76. The average Bonchev–Trinajstić information content (AvgIpc) is 2.98. The molecule has 0 radical (unpaired) electrons. The molecule has 0 bridgehead atoms. The van der Waals surface area contributed by atoms with E-state index < -0.39 is 5.97 Å². The first-order valence-corrected chi connectivity index (χ1v) is 8.59. The highest BCUT2D eigenvalue weighted by atomic mass is 32.1. The molecular weight excluding hydrogens is 328 g/mol. The zero-order valence-corrected chi connectivity index (χ0v) is 14.1. The van der Waals surface area contributed by atoms with Crippen LogP contribution < -0.4 is 5.32 Å². The van der Waals surface area contributed by atoms with Gasteiger partial charge in [-0.15, -0.1) is 11.3 Å². The number of thiophene rings is 1. The van der Waals surface area contributed by atoms with E-state index in [1.54, 1.807) is 30.0 Å². The molecule has 0 saturated carbocycles. The fourth-order valence-corrected chi connectivity index (χ4v) is 3.81. The van der Waals surface area contributed by atoms with Gasteiger partial charge in [0.2, 0.25) is 11.8 Å². The molecule has 6 nitrogen and oxygen atoms in total. The van der Waals surface area contributed by atoms with Gasteiger partial charge in [0.1, 0.15) is 4.88 Å². The molecule has 0 atom stereocenters. The summed E-state index contributed by atoms with van der Waals surface area (Å²) in [7, 11) is 0. The number of nitrogens with one attached hydrogen (secondary N) is 1. The number of carbonyl (C=O) groups excluding carboxylic acids is 2. The lowest BCUT2D eigenvalue weighted by Gasteiger charge is -2.30. The SMILES string of the molecule is CC(=O)N1CCC(C(=O)Nc2ccc3sc(C(=O)O)cc3c2)CC1. The molecule has 2 heterocycles. The van der Waals surface area contributed by atoms with Crippen LogP contribution in [-0.2, 0) is 9.59 Å². The van der Waals surface area contributed by atoms with Crippen LogP contribution in [0.1, 0.15) is 29.4 Å². The molecule has 7 heteroatoms. The Balaban J connectivity index is 1.67. The second-order valence-electron chi connectivity index (χ2n) is 5.94. The minimum atomic E-state index is -0.945. The van der Waals surface area contributed by atoms with E-state index in [-0.39, 0.29) is 22.6 Å². The number of nitrogens with zero attached hydrogens (tertiary/aromatic N) is 1. The number of fused-ring (bicyclic) bond motifs is 1. The van der Waals surface area contributed by atoms with Crippen LogP contribution in [0.25, 0.3) is 10.1 Å². The highest BCUT2D eigenvalue weighted by molar-refractivity contribution is 7.20. The van der Waals surface area contributed by atoms with Gasteiger partial charge in [0, 0.05) is 36.3 Å². The third-order valence-electron chi connectivity index (χ3n) is 4.31. The Hall–Kier alpha value is -2.41. The topological polar surface area (TPSA) is 86.7 Å². The van der Waals surface area contributed by atoms with Crippen LogP contribution in [0, 0.1) is 5.92 Å². The van der Waals surface area contributed by atoms with Gasteiger partial charge in [-0.3, -0.25) is 9.59 Å². The predicted molar refractivity (Wildman–Crippen MR) is 92.4 cm³/mol. The Morgan fingerprint density at radius 3 is 2.54 bits per heavy atom. The van der Waals surface area contributed by atoms with E-state index in [1.165, 1.54) is 11.3 Å². The van der Waals surface area contributed by atoms with Gasteiger partial charge in [-0.25, -0.2) is 4.79 Å². The van der Waals surface area contributed by atoms with Crippen LogP contribution in [-0.4, -0.2) is 40.9 Å². The molecule has 2 amide bonds. The van der Waals surface area contributed by atoms with Crippen LogP contribution >= 0.6 is 11.3 Å². The molecule has 0 spiro atoms. The Labute approximate surface area is 143 Å². The van der Waals surface area contributed by atoms with Crippen molar-refractivity contribution in [3.63, 3.8) is 0 Å². The summed E-state index contributed by atoms with van der Waals surface area (Å²) in [4.78, 5) is 36.8. The summed E-state index contributed by atoms with van der Waals surface area (Å²) in [6, 6.07) is 7.01. The number of hydrogen-bond acceptors (Lipinski definition) is 4. The number of benzene rings is 1. The molecule has 1 saturated heterocycles. The fraction of sp³-hybridized carbons (Fsp3) is 0.353. The van der Waals surface area contributed by atoms with E-state index >= 15 is 0 Å². The quantitative estimate of drug-likeness (QED) is 0.895. The molecular formula is C17H18N2O4S. The zero-order valence-electron chi connectivity index (χ0n) is 13.2. The molecule has 126 valence electrons. The smallest absolute Gasteiger partial charge is 0.345 e. The summed E-state index contributed by atoms with van der Waals surface area (Å²) >= 11 is 1.21. The van der Waals surface area contributed by atoms with Crippen molar-refractivity contribution in [3.8, 4) is 0 Å². The molecule has 2 N–H and O–H groups in total. The van der Waals surface area contributed by atoms with Crippen molar-refractivity contribution in [2.75, 3.05) is 18.4 Å². The normalized spacial score (nSPS) is 15.5. The molecule has 1 aromatic carbocycles. The lowest BCUT2D eigenvalue weighted by atomic mass is 9.96. The van der Waals surface area contributed by atoms with Gasteiger partial charge in [-0.05, 0) is 42.5 Å². The summed E-state index contributed by atoms with van der Waals surface area (Å²) in [5.41, 5.74) is 0.663. The molecule has 1 aliphatic heterocycles. The van der Waals surface area contributed by atoms with Crippen LogP contribution in [0.2, 0.25) is 0 Å². The lowest BCUT2D eigenvalue weighted by Crippen LogP contribution is -2.40. The van der Waals surface area contributed by atoms with Gasteiger partial charge in [0.05, 0.1) is 0 Å². The number of anilines is 1. The van der Waals surface area contributed by atoms with Gasteiger partial charge < -0.3 is 15.3 Å². The van der Waals surface area contributed by atoms with Crippen LogP contribution in [0.15, 0.2) is 24.3 Å². The van der Waals surface area contributed by atoms with Gasteiger partial charge in [-0.1, -0.05) is 0 Å². The van der Waals surface area contributed by atoms with Gasteiger partial charge in [0.25, 0.3) is 0 Å². The number of aromatic carboxylic acids is 1. The van der Waals surface area contributed by atoms with E-state index in [2.05, 4.69) is 5.32 Å². The maximum Gasteiger partial charge on any atom is 0.345 e. The largest absolute Gasteiger partial charge is 0.477 e. The summed E-state index contributed by atoms with van der Waals surface area (Å²) < 4.78 is 0.875. The van der Waals surface area contributed by atoms with Gasteiger partial charge in [0.15, 0.2) is 0 Å². The first kappa shape index (κ1) is 16.4. The molecule has 0 unspecified atom stereocenters. The Bertz CT molecular complexity index is 806. The molecule has 1 aromatic heterocycles. The standard InChI is InChI=1S/C17H18N2O4S/c1-10(20)19-6-4-11(5-7-19)16(21)18-13-2-3-14-12(8-13)9-15(24-14)17(22)23/h2-3,8-9,11H,4-7H2,1H3,(H,18,21)(H,22,23). The second-order valence-corrected chi connectivity index (χ2v) is 7.02. The van der Waals surface area contributed by atoms with Crippen molar-refractivity contribution >= 4 is 44.9 Å². The molecule has 24 heavy (non-hydrogen) atoms. The first-order valence-electron chi connectivity index (χ1n) is 7.77. The number of likely N-dealkylation sites (tertiary alicyclic amines) is 1. The Kier molecular flexibility index (Phi) is 4.53. The third-order valence-corrected chi connectivity index (χ3v) is 5.41. The monoisotopic (exact) mass is 346 g/mol. The van der Waals surface area contributed by atoms with E-state index in [9.17, 15) is 14.4 Å². The maximum atomic E-state index is 12.4. The predicted octanol–water partition coefficient (Wildman–Crippen LogP) is 2.80. The Morgan fingerprint density at radius 1 is 1.21 bits per heavy atom. The second kappa shape index (κ2) is 6.60. The Morgan fingerprint density at radius 2 is 1.92 bits per heavy atom. The van der Waals surface area contributed by atoms with Crippen LogP contribution in [0.3, 0.4) is 0 Å². The minimum absolute atomic E-state index is 0.0472.